The molecule has 0 radical (unpaired) electrons. The number of benzene rings is 10. The molecule has 51 heavy (non-hydrogen) atoms. The van der Waals surface area contributed by atoms with Gasteiger partial charge in [-0.2, -0.15) is 0 Å². The lowest BCUT2D eigenvalue weighted by Crippen LogP contribution is -1.95. The van der Waals surface area contributed by atoms with Crippen molar-refractivity contribution in [1.29, 1.82) is 0 Å². The van der Waals surface area contributed by atoms with Gasteiger partial charge in [-0.05, 0) is 101 Å². The lowest BCUT2D eigenvalue weighted by atomic mass is 9.83. The Morgan fingerprint density at radius 1 is 0.275 bits per heavy atom. The number of hydrogen-bond acceptors (Lipinski definition) is 0. The molecule has 10 aromatic carbocycles. The summed E-state index contributed by atoms with van der Waals surface area (Å²) in [4.78, 5) is 0. The zero-order valence-electron chi connectivity index (χ0n) is 27.8. The molecule has 0 bridgehead atoms. The second-order valence-electron chi connectivity index (χ2n) is 13.6. The SMILES string of the molecule is c1ccc2c(-n3c4ccccc4c4cc(-c5c6ccccc6c(-c6cc7ccccc7c7ccccc67)c6ccccc56)ccc43)cccc2c1. The molecule has 1 aromatic heterocycles. The Balaban J connectivity index is 1.23. The van der Waals surface area contributed by atoms with E-state index < -0.39 is 0 Å². The molecular formula is C50H31N. The molecule has 0 atom stereocenters. The Bertz CT molecular complexity index is 3130. The molecule has 11 rings (SSSR count). The van der Waals surface area contributed by atoms with Crippen molar-refractivity contribution in [2.75, 3.05) is 0 Å². The fourth-order valence-electron chi connectivity index (χ4n) is 8.78. The van der Waals surface area contributed by atoms with Crippen molar-refractivity contribution < 1.29 is 0 Å². The van der Waals surface area contributed by atoms with Gasteiger partial charge in [-0.25, -0.2) is 0 Å². The summed E-state index contributed by atoms with van der Waals surface area (Å²) in [6.45, 7) is 0. The van der Waals surface area contributed by atoms with Crippen molar-refractivity contribution in [3.8, 4) is 27.9 Å². The summed E-state index contributed by atoms with van der Waals surface area (Å²) in [5, 5.41) is 15.2. The first-order valence-corrected chi connectivity index (χ1v) is 17.7. The quantitative estimate of drug-likeness (QED) is 0.133. The molecule has 0 aliphatic heterocycles. The average molecular weight is 646 g/mol. The maximum Gasteiger partial charge on any atom is 0.0541 e. The summed E-state index contributed by atoms with van der Waals surface area (Å²) in [7, 11) is 0. The van der Waals surface area contributed by atoms with E-state index in [0.29, 0.717) is 0 Å². The summed E-state index contributed by atoms with van der Waals surface area (Å²) < 4.78 is 2.45. The Morgan fingerprint density at radius 3 is 1.51 bits per heavy atom. The molecule has 0 spiro atoms. The van der Waals surface area contributed by atoms with Gasteiger partial charge in [-0.3, -0.25) is 0 Å². The van der Waals surface area contributed by atoms with Crippen LogP contribution in [-0.2, 0) is 0 Å². The van der Waals surface area contributed by atoms with Crippen LogP contribution in [0.5, 0.6) is 0 Å². The van der Waals surface area contributed by atoms with Gasteiger partial charge in [0.25, 0.3) is 0 Å². The van der Waals surface area contributed by atoms with E-state index in [1.807, 2.05) is 0 Å². The Hall–Kier alpha value is -6.70. The fourth-order valence-corrected chi connectivity index (χ4v) is 8.78. The third-order valence-electron chi connectivity index (χ3n) is 10.9. The second kappa shape index (κ2) is 10.9. The molecule has 0 aliphatic rings. The first kappa shape index (κ1) is 28.2. The van der Waals surface area contributed by atoms with Crippen molar-refractivity contribution in [1.82, 2.24) is 4.57 Å². The lowest BCUT2D eigenvalue weighted by Gasteiger charge is -2.19. The Kier molecular flexibility index (Phi) is 6.02. The molecule has 236 valence electrons. The van der Waals surface area contributed by atoms with E-state index in [2.05, 4.69) is 193 Å². The van der Waals surface area contributed by atoms with Gasteiger partial charge in [0.1, 0.15) is 0 Å². The summed E-state index contributed by atoms with van der Waals surface area (Å²) in [5.41, 5.74) is 8.70. The molecule has 0 amide bonds. The van der Waals surface area contributed by atoms with Gasteiger partial charge >= 0.3 is 0 Å². The van der Waals surface area contributed by atoms with Crippen LogP contribution in [0.4, 0.5) is 0 Å². The van der Waals surface area contributed by atoms with Crippen molar-refractivity contribution in [3.63, 3.8) is 0 Å². The van der Waals surface area contributed by atoms with E-state index in [-0.39, 0.29) is 0 Å². The zero-order valence-corrected chi connectivity index (χ0v) is 27.8. The molecule has 1 heterocycles. The largest absolute Gasteiger partial charge is 0.309 e. The van der Waals surface area contributed by atoms with Crippen LogP contribution in [0.3, 0.4) is 0 Å². The highest BCUT2D eigenvalue weighted by Crippen LogP contribution is 2.47. The molecule has 0 saturated carbocycles. The van der Waals surface area contributed by atoms with E-state index in [4.69, 9.17) is 0 Å². The van der Waals surface area contributed by atoms with Gasteiger partial charge in [0.2, 0.25) is 0 Å². The summed E-state index contributed by atoms with van der Waals surface area (Å²) in [5.74, 6) is 0. The molecule has 0 N–H and O–H groups in total. The third-order valence-corrected chi connectivity index (χ3v) is 10.9. The van der Waals surface area contributed by atoms with Gasteiger partial charge in [0.05, 0.1) is 16.7 Å². The van der Waals surface area contributed by atoms with Crippen LogP contribution < -0.4 is 0 Å². The molecule has 1 heteroatoms. The maximum absolute atomic E-state index is 2.45. The van der Waals surface area contributed by atoms with Crippen LogP contribution in [0.25, 0.3) is 104 Å². The average Bonchev–Trinajstić information content (AvgIpc) is 3.53. The zero-order chi connectivity index (χ0) is 33.5. The molecule has 0 unspecified atom stereocenters. The van der Waals surface area contributed by atoms with Crippen LogP contribution in [0, 0.1) is 0 Å². The molecule has 11 aromatic rings. The topological polar surface area (TPSA) is 4.93 Å². The fraction of sp³-hybridized carbons (Fsp3) is 0. The summed E-state index contributed by atoms with van der Waals surface area (Å²) >= 11 is 0. The van der Waals surface area contributed by atoms with Gasteiger partial charge in [0, 0.05) is 16.2 Å². The van der Waals surface area contributed by atoms with E-state index in [1.54, 1.807) is 0 Å². The van der Waals surface area contributed by atoms with Crippen LogP contribution in [0.1, 0.15) is 0 Å². The predicted molar refractivity (Wildman–Crippen MR) is 219 cm³/mol. The van der Waals surface area contributed by atoms with E-state index in [9.17, 15) is 0 Å². The van der Waals surface area contributed by atoms with Crippen LogP contribution in [0.15, 0.2) is 188 Å². The lowest BCUT2D eigenvalue weighted by molar-refractivity contribution is 1.20. The molecule has 1 nitrogen and oxygen atoms in total. The van der Waals surface area contributed by atoms with Gasteiger partial charge in [-0.1, -0.05) is 158 Å². The van der Waals surface area contributed by atoms with Crippen LogP contribution in [0.2, 0.25) is 0 Å². The van der Waals surface area contributed by atoms with Crippen molar-refractivity contribution in [2.24, 2.45) is 0 Å². The molecule has 0 fully saturated rings. The highest BCUT2D eigenvalue weighted by molar-refractivity contribution is 6.26. The molecule has 0 saturated heterocycles. The van der Waals surface area contributed by atoms with Gasteiger partial charge in [0.15, 0.2) is 0 Å². The summed E-state index contributed by atoms with van der Waals surface area (Å²) in [6.07, 6.45) is 0. The number of rotatable bonds is 3. The number of fused-ring (bicyclic) bond motifs is 9. The number of hydrogen-bond donors (Lipinski definition) is 0. The maximum atomic E-state index is 2.45. The normalized spacial score (nSPS) is 11.9. The first-order valence-electron chi connectivity index (χ1n) is 17.7. The van der Waals surface area contributed by atoms with E-state index in [0.717, 1.165) is 0 Å². The predicted octanol–water partition coefficient (Wildman–Crippen LogP) is 13.9. The van der Waals surface area contributed by atoms with Crippen molar-refractivity contribution in [2.45, 2.75) is 0 Å². The van der Waals surface area contributed by atoms with Crippen molar-refractivity contribution >= 4 is 75.7 Å². The van der Waals surface area contributed by atoms with E-state index in [1.165, 1.54) is 104 Å². The minimum atomic E-state index is 1.20. The van der Waals surface area contributed by atoms with Crippen LogP contribution in [-0.4, -0.2) is 4.57 Å². The van der Waals surface area contributed by atoms with Crippen molar-refractivity contribution in [3.05, 3.63) is 188 Å². The smallest absolute Gasteiger partial charge is 0.0541 e. The third kappa shape index (κ3) is 4.09. The minimum Gasteiger partial charge on any atom is -0.309 e. The highest BCUT2D eigenvalue weighted by atomic mass is 15.0. The Labute approximate surface area is 295 Å². The number of nitrogens with zero attached hydrogens (tertiary/aromatic N) is 1. The standard InChI is InChI=1S/C50H31N/c1-4-18-36-32(14-1)16-13-27-46(36)51-47-26-12-11-21-39(47)44-31-34(28-29-48(44)51)49-40-22-7-9-24-42(40)50(43-25-10-8-23-41(43)49)45-30-33-15-2-3-17-35(33)37-19-5-6-20-38(37)45/h1-31H. The Morgan fingerprint density at radius 2 is 0.784 bits per heavy atom. The highest BCUT2D eigenvalue weighted by Gasteiger charge is 2.20. The molecule has 0 aliphatic carbocycles. The number of para-hydroxylation sites is 1. The van der Waals surface area contributed by atoms with E-state index >= 15 is 0 Å². The summed E-state index contributed by atoms with van der Waals surface area (Å²) in [6, 6.07) is 69.3. The van der Waals surface area contributed by atoms with Gasteiger partial charge in [-0.15, -0.1) is 0 Å². The first-order chi connectivity index (χ1) is 25.3. The van der Waals surface area contributed by atoms with Crippen LogP contribution >= 0.6 is 0 Å². The van der Waals surface area contributed by atoms with Gasteiger partial charge < -0.3 is 4.57 Å². The number of aromatic nitrogens is 1. The monoisotopic (exact) mass is 645 g/mol. The second-order valence-corrected chi connectivity index (χ2v) is 13.6. The minimum absolute atomic E-state index is 1.20. The molecular weight excluding hydrogens is 615 g/mol.